The van der Waals surface area contributed by atoms with E-state index in [0.29, 0.717) is 5.92 Å². The van der Waals surface area contributed by atoms with Gasteiger partial charge in [0, 0.05) is 0 Å². The summed E-state index contributed by atoms with van der Waals surface area (Å²) in [5.74, 6) is -0.558. The van der Waals surface area contributed by atoms with E-state index in [1.807, 2.05) is 24.3 Å². The molecule has 0 amide bonds. The van der Waals surface area contributed by atoms with E-state index in [9.17, 15) is 4.79 Å². The standard InChI is InChI=1S/C13H18O2.K.H/c1-9(2)8-11-4-6-12(7-5-11)10(3)13(14)15;;/h4-7,9-10H,8H2,1-3H3,(H,14,15);;. The van der Waals surface area contributed by atoms with Crippen molar-refractivity contribution in [3.05, 3.63) is 35.4 Å². The number of hydrogen-bond donors (Lipinski definition) is 1. The summed E-state index contributed by atoms with van der Waals surface area (Å²) in [6.45, 7) is 6.06. The second-order valence-electron chi connectivity index (χ2n) is 4.40. The third kappa shape index (κ3) is 5.10. The van der Waals surface area contributed by atoms with Crippen molar-refractivity contribution in [2.75, 3.05) is 0 Å². The van der Waals surface area contributed by atoms with Gasteiger partial charge in [-0.05, 0) is 30.4 Å². The van der Waals surface area contributed by atoms with Gasteiger partial charge in [0.05, 0.1) is 5.92 Å². The van der Waals surface area contributed by atoms with E-state index >= 15 is 0 Å². The number of aliphatic carboxylic acids is 1. The average molecular weight is 246 g/mol. The van der Waals surface area contributed by atoms with E-state index in [1.54, 1.807) is 6.92 Å². The first-order valence-corrected chi connectivity index (χ1v) is 5.32. The van der Waals surface area contributed by atoms with E-state index in [4.69, 9.17) is 5.11 Å². The van der Waals surface area contributed by atoms with Crippen LogP contribution in [0.3, 0.4) is 0 Å². The molecule has 1 atom stereocenters. The number of carbonyl (C=O) groups is 1. The number of hydrogen-bond acceptors (Lipinski definition) is 1. The van der Waals surface area contributed by atoms with Crippen molar-refractivity contribution < 1.29 is 9.90 Å². The summed E-state index contributed by atoms with van der Waals surface area (Å²) >= 11 is 0. The number of rotatable bonds is 4. The molecule has 84 valence electrons. The Hall–Kier alpha value is 0.326. The van der Waals surface area contributed by atoms with Crippen LogP contribution in [0.5, 0.6) is 0 Å². The van der Waals surface area contributed by atoms with Crippen LogP contribution in [0.2, 0.25) is 0 Å². The maximum atomic E-state index is 10.8. The van der Waals surface area contributed by atoms with E-state index in [0.717, 1.165) is 12.0 Å². The van der Waals surface area contributed by atoms with Crippen LogP contribution in [0.25, 0.3) is 0 Å². The summed E-state index contributed by atoms with van der Waals surface area (Å²) in [4.78, 5) is 10.8. The molecule has 0 aliphatic rings. The van der Waals surface area contributed by atoms with Crippen LogP contribution in [0, 0.1) is 5.92 Å². The average Bonchev–Trinajstić information content (AvgIpc) is 2.17. The molecule has 0 aromatic heterocycles. The van der Waals surface area contributed by atoms with E-state index in [-0.39, 0.29) is 51.4 Å². The van der Waals surface area contributed by atoms with E-state index in [2.05, 4.69) is 13.8 Å². The zero-order chi connectivity index (χ0) is 11.4. The van der Waals surface area contributed by atoms with Crippen LogP contribution in [0.1, 0.15) is 37.8 Å². The third-order valence-electron chi connectivity index (χ3n) is 2.49. The molecule has 1 N–H and O–H groups in total. The molecule has 0 spiro atoms. The summed E-state index contributed by atoms with van der Waals surface area (Å²) in [7, 11) is 0. The Balaban J connectivity index is 0.00000225. The Morgan fingerprint density at radius 2 is 1.69 bits per heavy atom. The monoisotopic (exact) mass is 246 g/mol. The van der Waals surface area contributed by atoms with Gasteiger partial charge in [-0.2, -0.15) is 0 Å². The molecule has 0 heterocycles. The fourth-order valence-corrected chi connectivity index (χ4v) is 1.56. The van der Waals surface area contributed by atoms with Crippen molar-refractivity contribution in [1.82, 2.24) is 0 Å². The molecule has 16 heavy (non-hydrogen) atoms. The van der Waals surface area contributed by atoms with Gasteiger partial charge in [-0.25, -0.2) is 0 Å². The number of carboxylic acid groups (broad SMARTS) is 1. The minimum atomic E-state index is -0.772. The summed E-state index contributed by atoms with van der Waals surface area (Å²) in [6.07, 6.45) is 1.04. The molecule has 0 radical (unpaired) electrons. The van der Waals surface area contributed by atoms with Crippen molar-refractivity contribution in [2.24, 2.45) is 5.92 Å². The van der Waals surface area contributed by atoms with Gasteiger partial charge in [-0.15, -0.1) is 0 Å². The summed E-state index contributed by atoms with van der Waals surface area (Å²) in [5, 5.41) is 8.85. The van der Waals surface area contributed by atoms with Crippen LogP contribution in [-0.4, -0.2) is 62.5 Å². The number of carboxylic acids is 1. The van der Waals surface area contributed by atoms with Crippen molar-refractivity contribution in [3.8, 4) is 0 Å². The number of benzene rings is 1. The normalized spacial score (nSPS) is 12.0. The molecule has 0 aliphatic heterocycles. The molecule has 1 rings (SSSR count). The van der Waals surface area contributed by atoms with Gasteiger partial charge >= 0.3 is 57.4 Å². The summed E-state index contributed by atoms with van der Waals surface area (Å²) < 4.78 is 0. The van der Waals surface area contributed by atoms with Gasteiger partial charge in [0.25, 0.3) is 0 Å². The van der Waals surface area contributed by atoms with Crippen LogP contribution >= 0.6 is 0 Å². The minimum absolute atomic E-state index is 0. The van der Waals surface area contributed by atoms with Gasteiger partial charge in [0.1, 0.15) is 0 Å². The van der Waals surface area contributed by atoms with Crippen LogP contribution in [0.4, 0.5) is 0 Å². The van der Waals surface area contributed by atoms with Gasteiger partial charge in [0.15, 0.2) is 0 Å². The zero-order valence-electron chi connectivity index (χ0n) is 9.53. The molecule has 1 aromatic carbocycles. The van der Waals surface area contributed by atoms with Crippen LogP contribution < -0.4 is 0 Å². The van der Waals surface area contributed by atoms with E-state index < -0.39 is 11.9 Å². The zero-order valence-corrected chi connectivity index (χ0v) is 9.53. The van der Waals surface area contributed by atoms with Crippen LogP contribution in [0.15, 0.2) is 24.3 Å². The Kier molecular flexibility index (Phi) is 7.77. The van der Waals surface area contributed by atoms with Crippen molar-refractivity contribution in [3.63, 3.8) is 0 Å². The quantitative estimate of drug-likeness (QED) is 0.828. The van der Waals surface area contributed by atoms with Crippen molar-refractivity contribution >= 4 is 57.4 Å². The van der Waals surface area contributed by atoms with Gasteiger partial charge in [-0.3, -0.25) is 4.79 Å². The van der Waals surface area contributed by atoms with Gasteiger partial charge in [0.2, 0.25) is 0 Å². The summed E-state index contributed by atoms with van der Waals surface area (Å²) in [5.41, 5.74) is 2.14. The second-order valence-corrected chi connectivity index (χ2v) is 4.40. The second kappa shape index (κ2) is 7.61. The molecular weight excluding hydrogens is 227 g/mol. The Morgan fingerprint density at radius 1 is 1.19 bits per heavy atom. The Bertz CT molecular complexity index is 330. The molecule has 2 nitrogen and oxygen atoms in total. The molecule has 0 fully saturated rings. The molecule has 3 heteroatoms. The predicted molar refractivity (Wildman–Crippen MR) is 68.2 cm³/mol. The molecule has 0 aliphatic carbocycles. The Labute approximate surface area is 140 Å². The first-order chi connectivity index (χ1) is 7.00. The topological polar surface area (TPSA) is 37.3 Å². The molecular formula is C13H19KO2. The SMILES string of the molecule is CC(C)Cc1ccc(C(C)C(=O)O)cc1.[KH]. The fourth-order valence-electron chi connectivity index (χ4n) is 1.56. The first-order valence-electron chi connectivity index (χ1n) is 5.32. The maximum absolute atomic E-state index is 10.8. The van der Waals surface area contributed by atoms with Crippen LogP contribution in [-0.2, 0) is 11.2 Å². The van der Waals surface area contributed by atoms with Crippen molar-refractivity contribution in [2.45, 2.75) is 33.1 Å². The summed E-state index contributed by atoms with van der Waals surface area (Å²) in [6, 6.07) is 7.87. The van der Waals surface area contributed by atoms with Crippen molar-refractivity contribution in [1.29, 1.82) is 0 Å². The molecule has 1 unspecified atom stereocenters. The first kappa shape index (κ1) is 16.3. The molecule has 0 saturated carbocycles. The van der Waals surface area contributed by atoms with Gasteiger partial charge in [-0.1, -0.05) is 38.1 Å². The van der Waals surface area contributed by atoms with Gasteiger partial charge < -0.3 is 5.11 Å². The Morgan fingerprint density at radius 3 is 2.06 bits per heavy atom. The fraction of sp³-hybridized carbons (Fsp3) is 0.462. The molecule has 1 aromatic rings. The molecule has 0 saturated heterocycles. The molecule has 0 bridgehead atoms. The van der Waals surface area contributed by atoms with E-state index in [1.165, 1.54) is 5.56 Å². The third-order valence-corrected chi connectivity index (χ3v) is 2.49. The predicted octanol–water partition coefficient (Wildman–Crippen LogP) is 2.42.